The van der Waals surface area contributed by atoms with Gasteiger partial charge in [-0.3, -0.25) is 14.3 Å². The Bertz CT molecular complexity index is 1280. The number of anilines is 1. The summed E-state index contributed by atoms with van der Waals surface area (Å²) in [6, 6.07) is 7.38. The van der Waals surface area contributed by atoms with E-state index >= 15 is 0 Å². The Hall–Kier alpha value is -3.89. The predicted octanol–water partition coefficient (Wildman–Crippen LogP) is 4.46. The monoisotopic (exact) mass is 515 g/mol. The summed E-state index contributed by atoms with van der Waals surface area (Å²) in [4.78, 5) is 26.2. The molecule has 2 heterocycles. The molecule has 4 rings (SSSR count). The number of aryl methyl sites for hydroxylation is 1. The van der Waals surface area contributed by atoms with Gasteiger partial charge in [0, 0.05) is 31.4 Å². The first kappa shape index (κ1) is 26.2. The van der Waals surface area contributed by atoms with Crippen LogP contribution in [0.15, 0.2) is 48.8 Å². The van der Waals surface area contributed by atoms with Gasteiger partial charge in [0.1, 0.15) is 11.7 Å². The van der Waals surface area contributed by atoms with Crippen LogP contribution < -0.4 is 15.4 Å². The minimum Gasteiger partial charge on any atom is -0.618 e. The summed E-state index contributed by atoms with van der Waals surface area (Å²) in [5, 5.41) is 21.7. The number of nitrogens with zero attached hydrogens (tertiary/aromatic N) is 3. The maximum absolute atomic E-state index is 13.6. The second-order valence-corrected chi connectivity index (χ2v) is 9.11. The third kappa shape index (κ3) is 5.60. The van der Waals surface area contributed by atoms with Crippen LogP contribution in [0.5, 0.6) is 0 Å². The van der Waals surface area contributed by atoms with Gasteiger partial charge in [-0.05, 0) is 49.4 Å². The molecule has 0 radical (unpaired) electrons. The number of hydrogen-bond donors (Lipinski definition) is 2. The molecular formula is C26H28F3N5O3. The molecule has 1 saturated carbocycles. The van der Waals surface area contributed by atoms with E-state index in [0.29, 0.717) is 22.7 Å². The van der Waals surface area contributed by atoms with Crippen molar-refractivity contribution in [1.82, 2.24) is 15.1 Å². The molecule has 1 fully saturated rings. The number of alkyl halides is 3. The molecule has 37 heavy (non-hydrogen) atoms. The molecular weight excluding hydrogens is 487 g/mol. The van der Waals surface area contributed by atoms with Gasteiger partial charge in [0.2, 0.25) is 5.91 Å². The van der Waals surface area contributed by atoms with Gasteiger partial charge in [-0.25, -0.2) is 0 Å². The normalized spacial score (nSPS) is 14.9. The molecule has 1 aromatic carbocycles. The largest absolute Gasteiger partial charge is 0.618 e. The fraction of sp³-hybridized carbons (Fsp3) is 0.385. The van der Waals surface area contributed by atoms with Gasteiger partial charge < -0.3 is 15.8 Å². The molecule has 3 aromatic rings. The molecule has 8 nitrogen and oxygen atoms in total. The molecule has 11 heteroatoms. The van der Waals surface area contributed by atoms with Crippen molar-refractivity contribution in [2.75, 3.05) is 5.32 Å². The number of carbonyl (C=O) groups excluding carboxylic acids is 2. The van der Waals surface area contributed by atoms with E-state index < -0.39 is 29.6 Å². The first-order chi connectivity index (χ1) is 17.6. The molecule has 2 N–H and O–H groups in total. The number of hydrogen-bond acceptors (Lipinski definition) is 4. The van der Waals surface area contributed by atoms with Gasteiger partial charge in [-0.15, -0.1) is 0 Å². The van der Waals surface area contributed by atoms with Crippen molar-refractivity contribution in [3.63, 3.8) is 0 Å². The smallest absolute Gasteiger partial charge is 0.417 e. The summed E-state index contributed by atoms with van der Waals surface area (Å²) in [6.45, 7) is 3.69. The van der Waals surface area contributed by atoms with Crippen molar-refractivity contribution in [3.05, 3.63) is 71.0 Å². The quantitative estimate of drug-likeness (QED) is 0.358. The van der Waals surface area contributed by atoms with E-state index in [1.165, 1.54) is 37.4 Å². The zero-order valence-electron chi connectivity index (χ0n) is 20.5. The summed E-state index contributed by atoms with van der Waals surface area (Å²) >= 11 is 0. The van der Waals surface area contributed by atoms with E-state index in [1.54, 1.807) is 10.7 Å². The number of nitrogens with one attached hydrogen (secondary N) is 2. The molecule has 1 atom stereocenters. The molecule has 0 saturated heterocycles. The van der Waals surface area contributed by atoms with Crippen LogP contribution in [0, 0.1) is 18.0 Å². The van der Waals surface area contributed by atoms with Crippen molar-refractivity contribution in [2.45, 2.75) is 58.3 Å². The molecule has 2 aromatic heterocycles. The predicted molar refractivity (Wildman–Crippen MR) is 130 cm³/mol. The second-order valence-electron chi connectivity index (χ2n) is 9.11. The maximum Gasteiger partial charge on any atom is 0.417 e. The van der Waals surface area contributed by atoms with Crippen LogP contribution in [0.4, 0.5) is 18.9 Å². The van der Waals surface area contributed by atoms with Crippen molar-refractivity contribution in [3.8, 4) is 11.1 Å². The van der Waals surface area contributed by atoms with Gasteiger partial charge in [-0.2, -0.15) is 23.0 Å². The van der Waals surface area contributed by atoms with Crippen molar-refractivity contribution >= 4 is 17.5 Å². The highest BCUT2D eigenvalue weighted by Gasteiger charge is 2.37. The van der Waals surface area contributed by atoms with Gasteiger partial charge in [0.05, 0.1) is 11.1 Å². The van der Waals surface area contributed by atoms with Gasteiger partial charge >= 0.3 is 6.18 Å². The molecule has 2 amide bonds. The lowest BCUT2D eigenvalue weighted by molar-refractivity contribution is -0.611. The number of benzene rings is 1. The van der Waals surface area contributed by atoms with Crippen LogP contribution in [0.25, 0.3) is 11.1 Å². The molecule has 0 spiro atoms. The van der Waals surface area contributed by atoms with E-state index in [4.69, 9.17) is 0 Å². The van der Waals surface area contributed by atoms with Crippen molar-refractivity contribution in [1.29, 1.82) is 0 Å². The lowest BCUT2D eigenvalue weighted by Gasteiger charge is -2.24. The number of pyridine rings is 1. The zero-order valence-corrected chi connectivity index (χ0v) is 20.5. The summed E-state index contributed by atoms with van der Waals surface area (Å²) in [7, 11) is 0. The van der Waals surface area contributed by atoms with Crippen LogP contribution >= 0.6 is 0 Å². The number of rotatable bonds is 7. The first-order valence-corrected chi connectivity index (χ1v) is 12.1. The minimum absolute atomic E-state index is 0.0324. The third-order valence-corrected chi connectivity index (χ3v) is 6.77. The van der Waals surface area contributed by atoms with Crippen LogP contribution in [0.2, 0.25) is 0 Å². The van der Waals surface area contributed by atoms with Crippen molar-refractivity contribution in [2.24, 2.45) is 5.92 Å². The van der Waals surface area contributed by atoms with E-state index in [0.717, 1.165) is 37.9 Å². The van der Waals surface area contributed by atoms with E-state index in [1.807, 2.05) is 6.92 Å². The van der Waals surface area contributed by atoms with Gasteiger partial charge in [0.25, 0.3) is 5.91 Å². The molecule has 0 bridgehead atoms. The highest BCUT2D eigenvalue weighted by molar-refractivity contribution is 6.00. The number of halogens is 3. The van der Waals surface area contributed by atoms with E-state index in [2.05, 4.69) is 15.7 Å². The number of carbonyl (C=O) groups is 2. The van der Waals surface area contributed by atoms with Crippen LogP contribution in [0.1, 0.15) is 54.4 Å². The summed E-state index contributed by atoms with van der Waals surface area (Å²) < 4.78 is 42.7. The standard InChI is InChI=1S/C26H28F3N5O3/c1-3-33-21(12-14-30-33)24(35)32-23(18-6-4-5-7-18)25(36)31-19-10-8-17(9-11-19)22-16(2)34(37)15-13-20(22)26(27,28)29/h8-15,18,23H,3-7H2,1-2H3,(H,31,36)(H,32,35)/t23-/m0/s1. The third-order valence-electron chi connectivity index (χ3n) is 6.77. The fourth-order valence-electron chi connectivity index (χ4n) is 4.86. The lowest BCUT2D eigenvalue weighted by Crippen LogP contribution is -2.48. The van der Waals surface area contributed by atoms with Crippen molar-refractivity contribution < 1.29 is 27.5 Å². The maximum atomic E-state index is 13.6. The average Bonchev–Trinajstić information content (AvgIpc) is 3.56. The Morgan fingerprint density at radius 3 is 2.46 bits per heavy atom. The fourth-order valence-corrected chi connectivity index (χ4v) is 4.86. The molecule has 196 valence electrons. The SMILES string of the molecule is CCn1nccc1C(=O)N[C@H](C(=O)Nc1ccc(-c2c(C(F)(F)F)cc[n+]([O-])c2C)cc1)C1CCCC1. The van der Waals surface area contributed by atoms with Crippen LogP contribution in [-0.4, -0.2) is 27.6 Å². The summed E-state index contributed by atoms with van der Waals surface area (Å²) in [5.74, 6) is -0.832. The zero-order chi connectivity index (χ0) is 26.7. The number of aromatic nitrogens is 3. The molecule has 0 unspecified atom stereocenters. The van der Waals surface area contributed by atoms with E-state index in [9.17, 15) is 28.0 Å². The minimum atomic E-state index is -4.64. The second kappa shape index (κ2) is 10.6. The Morgan fingerprint density at radius 2 is 1.84 bits per heavy atom. The summed E-state index contributed by atoms with van der Waals surface area (Å²) in [5.41, 5.74) is -0.294. The highest BCUT2D eigenvalue weighted by atomic mass is 19.4. The Kier molecular flexibility index (Phi) is 7.51. The highest BCUT2D eigenvalue weighted by Crippen LogP contribution is 2.38. The average molecular weight is 516 g/mol. The molecule has 1 aliphatic rings. The molecule has 0 aliphatic heterocycles. The Morgan fingerprint density at radius 1 is 1.16 bits per heavy atom. The summed E-state index contributed by atoms with van der Waals surface area (Å²) in [6.07, 6.45) is 1.24. The Balaban J connectivity index is 1.55. The lowest BCUT2D eigenvalue weighted by atomic mass is 9.96. The topological polar surface area (TPSA) is 103 Å². The van der Waals surface area contributed by atoms with Crippen LogP contribution in [-0.2, 0) is 17.5 Å². The van der Waals surface area contributed by atoms with Gasteiger partial charge in [0.15, 0.2) is 11.9 Å². The van der Waals surface area contributed by atoms with E-state index in [-0.39, 0.29) is 22.7 Å². The Labute approximate surface area is 212 Å². The first-order valence-electron chi connectivity index (χ1n) is 12.1. The van der Waals surface area contributed by atoms with Gasteiger partial charge in [-0.1, -0.05) is 25.0 Å². The number of amides is 2. The van der Waals surface area contributed by atoms with Crippen LogP contribution in [0.3, 0.4) is 0 Å². The molecule has 1 aliphatic carbocycles.